The summed E-state index contributed by atoms with van der Waals surface area (Å²) >= 11 is 0. The van der Waals surface area contributed by atoms with Crippen LogP contribution in [0.2, 0.25) is 0 Å². The van der Waals surface area contributed by atoms with Crippen molar-refractivity contribution in [2.45, 2.75) is 90.3 Å². The van der Waals surface area contributed by atoms with Crippen LogP contribution in [0.25, 0.3) is 0 Å². The van der Waals surface area contributed by atoms with E-state index in [4.69, 9.17) is 0 Å². The van der Waals surface area contributed by atoms with Crippen LogP contribution in [0.3, 0.4) is 0 Å². The normalized spacial score (nSPS) is 19.8. The predicted molar refractivity (Wildman–Crippen MR) is 139 cm³/mol. The summed E-state index contributed by atoms with van der Waals surface area (Å²) in [5.41, 5.74) is 0.728. The van der Waals surface area contributed by atoms with Gasteiger partial charge in [-0.3, -0.25) is 24.0 Å². The first kappa shape index (κ1) is 28.3. The largest absolute Gasteiger partial charge is 0.356 e. The van der Waals surface area contributed by atoms with Gasteiger partial charge in [0, 0.05) is 24.9 Å². The van der Waals surface area contributed by atoms with Crippen molar-refractivity contribution in [3.63, 3.8) is 0 Å². The third-order valence-corrected chi connectivity index (χ3v) is 6.78. The SMILES string of the molecule is C[C@@H](CC(=O)N[C@@H](CC(C)(C)C)C(=O)NC(C[C@@H]1CCNC1=O)C(=O)C(=O)NC1CC1)c1ccccc1. The Balaban J connectivity index is 1.71. The molecule has 9 nitrogen and oxygen atoms in total. The topological polar surface area (TPSA) is 133 Å². The van der Waals surface area contributed by atoms with Crippen LogP contribution >= 0.6 is 0 Å². The molecule has 4 amide bonds. The zero-order valence-corrected chi connectivity index (χ0v) is 22.3. The van der Waals surface area contributed by atoms with Crippen molar-refractivity contribution in [1.82, 2.24) is 21.3 Å². The third-order valence-electron chi connectivity index (χ3n) is 6.78. The minimum Gasteiger partial charge on any atom is -0.356 e. The predicted octanol–water partition coefficient (Wildman–Crippen LogP) is 1.96. The lowest BCUT2D eigenvalue weighted by molar-refractivity contribution is -0.141. The van der Waals surface area contributed by atoms with Crippen LogP contribution in [0.1, 0.15) is 77.7 Å². The number of benzene rings is 1. The van der Waals surface area contributed by atoms with Crippen LogP contribution in [0.5, 0.6) is 0 Å². The molecule has 1 aromatic carbocycles. The van der Waals surface area contributed by atoms with Crippen LogP contribution in [0, 0.1) is 11.3 Å². The van der Waals surface area contributed by atoms with Crippen LogP contribution in [-0.4, -0.2) is 54.1 Å². The zero-order chi connectivity index (χ0) is 27.2. The fourth-order valence-corrected chi connectivity index (χ4v) is 4.55. The Morgan fingerprint density at radius 1 is 1.00 bits per heavy atom. The smallest absolute Gasteiger partial charge is 0.289 e. The summed E-state index contributed by atoms with van der Waals surface area (Å²) in [7, 11) is 0. The van der Waals surface area contributed by atoms with Gasteiger partial charge in [0.1, 0.15) is 6.04 Å². The summed E-state index contributed by atoms with van der Waals surface area (Å²) in [5, 5.41) is 11.0. The Morgan fingerprint density at radius 3 is 2.24 bits per heavy atom. The molecule has 1 unspecified atom stereocenters. The second-order valence-electron chi connectivity index (χ2n) is 11.6. The van der Waals surface area contributed by atoms with Crippen molar-refractivity contribution in [2.75, 3.05) is 6.54 Å². The van der Waals surface area contributed by atoms with Crippen molar-refractivity contribution in [1.29, 1.82) is 0 Å². The van der Waals surface area contributed by atoms with Gasteiger partial charge in [-0.1, -0.05) is 58.0 Å². The van der Waals surface area contributed by atoms with Gasteiger partial charge in [-0.25, -0.2) is 0 Å². The lowest BCUT2D eigenvalue weighted by Gasteiger charge is -2.28. The summed E-state index contributed by atoms with van der Waals surface area (Å²) in [4.78, 5) is 64.1. The van der Waals surface area contributed by atoms with E-state index in [1.54, 1.807) is 0 Å². The Bertz CT molecular complexity index is 1000. The third kappa shape index (κ3) is 8.98. The van der Waals surface area contributed by atoms with Crippen LogP contribution in [-0.2, 0) is 24.0 Å². The van der Waals surface area contributed by atoms with Crippen molar-refractivity contribution in [3.8, 4) is 0 Å². The molecule has 9 heteroatoms. The molecule has 1 saturated carbocycles. The van der Waals surface area contributed by atoms with E-state index in [1.165, 1.54) is 0 Å². The molecule has 0 radical (unpaired) electrons. The quantitative estimate of drug-likeness (QED) is 0.318. The summed E-state index contributed by atoms with van der Waals surface area (Å²) in [5.74, 6) is -3.02. The first-order valence-corrected chi connectivity index (χ1v) is 13.2. The molecule has 202 valence electrons. The van der Waals surface area contributed by atoms with Gasteiger partial charge >= 0.3 is 0 Å². The summed E-state index contributed by atoms with van der Waals surface area (Å²) in [6.45, 7) is 8.32. The van der Waals surface area contributed by atoms with Crippen LogP contribution < -0.4 is 21.3 Å². The minimum absolute atomic E-state index is 0.0119. The molecule has 1 aliphatic carbocycles. The molecule has 1 aromatic rings. The van der Waals surface area contributed by atoms with E-state index in [9.17, 15) is 24.0 Å². The Kier molecular flexibility index (Phi) is 9.45. The van der Waals surface area contributed by atoms with Gasteiger partial charge in [0.25, 0.3) is 5.91 Å². The van der Waals surface area contributed by atoms with Gasteiger partial charge in [-0.05, 0) is 49.0 Å². The van der Waals surface area contributed by atoms with Gasteiger partial charge in [0.2, 0.25) is 23.5 Å². The molecule has 4 N–H and O–H groups in total. The van der Waals surface area contributed by atoms with Crippen molar-refractivity contribution in [2.24, 2.45) is 11.3 Å². The van der Waals surface area contributed by atoms with Crippen LogP contribution in [0.4, 0.5) is 0 Å². The molecule has 1 aliphatic heterocycles. The molecule has 3 rings (SSSR count). The van der Waals surface area contributed by atoms with Crippen molar-refractivity contribution >= 4 is 29.4 Å². The second-order valence-corrected chi connectivity index (χ2v) is 11.6. The van der Waals surface area contributed by atoms with Gasteiger partial charge in [-0.2, -0.15) is 0 Å². The van der Waals surface area contributed by atoms with Gasteiger partial charge in [0.15, 0.2) is 0 Å². The average Bonchev–Trinajstić information content (AvgIpc) is 3.56. The van der Waals surface area contributed by atoms with E-state index >= 15 is 0 Å². The van der Waals surface area contributed by atoms with Crippen LogP contribution in [0.15, 0.2) is 30.3 Å². The van der Waals surface area contributed by atoms with E-state index < -0.39 is 35.6 Å². The molecule has 1 heterocycles. The molecule has 0 bridgehead atoms. The van der Waals surface area contributed by atoms with Gasteiger partial charge in [0.05, 0.1) is 6.04 Å². The average molecular weight is 513 g/mol. The summed E-state index contributed by atoms with van der Waals surface area (Å²) in [6, 6.07) is 7.61. The zero-order valence-electron chi connectivity index (χ0n) is 22.3. The maximum Gasteiger partial charge on any atom is 0.289 e. The molecule has 1 saturated heterocycles. The number of rotatable bonds is 12. The summed E-state index contributed by atoms with van der Waals surface area (Å²) < 4.78 is 0. The molecule has 4 atom stereocenters. The number of nitrogens with one attached hydrogen (secondary N) is 4. The highest BCUT2D eigenvalue weighted by Crippen LogP contribution is 2.24. The lowest BCUT2D eigenvalue weighted by atomic mass is 9.87. The van der Waals surface area contributed by atoms with Gasteiger partial charge in [-0.15, -0.1) is 0 Å². The number of ketones is 1. The number of hydrogen-bond donors (Lipinski definition) is 4. The van der Waals surface area contributed by atoms with E-state index in [-0.39, 0.29) is 42.0 Å². The van der Waals surface area contributed by atoms with E-state index in [0.717, 1.165) is 18.4 Å². The molecule has 2 fully saturated rings. The molecular weight excluding hydrogens is 472 g/mol. The number of amides is 4. The molecule has 37 heavy (non-hydrogen) atoms. The monoisotopic (exact) mass is 512 g/mol. The van der Waals surface area contributed by atoms with E-state index in [1.807, 2.05) is 58.0 Å². The molecular formula is C28H40N4O5. The maximum absolute atomic E-state index is 13.4. The van der Waals surface area contributed by atoms with Gasteiger partial charge < -0.3 is 21.3 Å². The highest BCUT2D eigenvalue weighted by molar-refractivity contribution is 6.38. The first-order chi connectivity index (χ1) is 17.4. The highest BCUT2D eigenvalue weighted by Gasteiger charge is 2.37. The molecule has 0 spiro atoms. The lowest BCUT2D eigenvalue weighted by Crippen LogP contribution is -2.55. The Morgan fingerprint density at radius 2 is 1.68 bits per heavy atom. The second kappa shape index (κ2) is 12.3. The number of hydrogen-bond acceptors (Lipinski definition) is 5. The van der Waals surface area contributed by atoms with Crippen molar-refractivity contribution < 1.29 is 24.0 Å². The maximum atomic E-state index is 13.4. The van der Waals surface area contributed by atoms with E-state index in [2.05, 4.69) is 21.3 Å². The molecule has 2 aliphatic rings. The number of carbonyl (C=O) groups excluding carboxylic acids is 5. The van der Waals surface area contributed by atoms with E-state index in [0.29, 0.717) is 19.4 Å². The first-order valence-electron chi connectivity index (χ1n) is 13.2. The fraction of sp³-hybridized carbons (Fsp3) is 0.607. The minimum atomic E-state index is -1.15. The number of Topliss-reactive ketones (excluding diaryl/α,β-unsaturated/α-hetero) is 1. The molecule has 0 aromatic heterocycles. The van der Waals surface area contributed by atoms with Crippen molar-refractivity contribution in [3.05, 3.63) is 35.9 Å². The fourth-order valence-electron chi connectivity index (χ4n) is 4.55. The standard InChI is InChI=1S/C28H40N4O5/c1-17(18-8-6-5-7-9-18)14-23(33)31-22(16-28(2,3)4)26(36)32-21(15-19-12-13-29-25(19)35)24(34)27(37)30-20-10-11-20/h5-9,17,19-22H,10-16H2,1-4H3,(H,29,35)(H,30,37)(H,31,33)(H,32,36)/t17-,19-,21?,22-/m0/s1. The Labute approximate surface area is 218 Å². The number of carbonyl (C=O) groups is 5. The Hall–Kier alpha value is -3.23. The highest BCUT2D eigenvalue weighted by atomic mass is 16.2. The summed E-state index contributed by atoms with van der Waals surface area (Å²) in [6.07, 6.45) is 2.75.